The van der Waals surface area contributed by atoms with Crippen molar-refractivity contribution in [2.75, 3.05) is 6.54 Å². The highest BCUT2D eigenvalue weighted by molar-refractivity contribution is 7.88. The maximum atomic E-state index is 12.2. The zero-order chi connectivity index (χ0) is 14.6. The Kier molecular flexibility index (Phi) is 6.62. The Morgan fingerprint density at radius 1 is 1.48 bits per heavy atom. The molecule has 1 aliphatic rings. The fraction of sp³-hybridized carbons (Fsp3) is 0.500. The Hall–Kier alpha value is -1.13. The van der Waals surface area contributed by atoms with Crippen LogP contribution in [-0.4, -0.2) is 27.0 Å². The van der Waals surface area contributed by atoms with E-state index in [0.717, 1.165) is 19.4 Å². The molecule has 0 amide bonds. The smallest absolute Gasteiger partial charge is 0.216 e. The molecule has 2 unspecified atom stereocenters. The second-order valence-electron chi connectivity index (χ2n) is 5.18. The van der Waals surface area contributed by atoms with Gasteiger partial charge in [0.05, 0.1) is 17.4 Å². The SMILES string of the molecule is CC1NCCCC1NS(=O)(=O)Cc1cccc(C#N)c1.Cl. The van der Waals surface area contributed by atoms with Gasteiger partial charge in [-0.3, -0.25) is 0 Å². The number of hydrogen-bond acceptors (Lipinski definition) is 4. The van der Waals surface area contributed by atoms with E-state index in [0.29, 0.717) is 11.1 Å². The average molecular weight is 330 g/mol. The van der Waals surface area contributed by atoms with Crippen LogP contribution in [-0.2, 0) is 15.8 Å². The lowest BCUT2D eigenvalue weighted by molar-refractivity contribution is 0.348. The lowest BCUT2D eigenvalue weighted by atomic mass is 10.0. The molecule has 1 saturated heterocycles. The van der Waals surface area contributed by atoms with Gasteiger partial charge in [0.1, 0.15) is 0 Å². The summed E-state index contributed by atoms with van der Waals surface area (Å²) in [6.45, 7) is 2.92. The van der Waals surface area contributed by atoms with Crippen molar-refractivity contribution in [1.82, 2.24) is 10.0 Å². The number of piperidine rings is 1. The summed E-state index contributed by atoms with van der Waals surface area (Å²) in [5.74, 6) is -0.0915. The molecule has 2 rings (SSSR count). The molecular weight excluding hydrogens is 310 g/mol. The molecule has 5 nitrogen and oxygen atoms in total. The van der Waals surface area contributed by atoms with E-state index < -0.39 is 10.0 Å². The second-order valence-corrected chi connectivity index (χ2v) is 6.93. The molecule has 2 N–H and O–H groups in total. The highest BCUT2D eigenvalue weighted by Gasteiger charge is 2.25. The molecule has 1 aromatic rings. The Morgan fingerprint density at radius 2 is 2.24 bits per heavy atom. The molecule has 1 aliphatic heterocycles. The molecular formula is C14H20ClN3O2S. The van der Waals surface area contributed by atoms with Crippen molar-refractivity contribution in [3.05, 3.63) is 35.4 Å². The molecule has 0 radical (unpaired) electrons. The summed E-state index contributed by atoms with van der Waals surface area (Å²) >= 11 is 0. The van der Waals surface area contributed by atoms with Crippen LogP contribution in [0.3, 0.4) is 0 Å². The largest absolute Gasteiger partial charge is 0.313 e. The van der Waals surface area contributed by atoms with Gasteiger partial charge in [-0.05, 0) is 44.0 Å². The predicted molar refractivity (Wildman–Crippen MR) is 84.7 cm³/mol. The number of hydrogen-bond donors (Lipinski definition) is 2. The van der Waals surface area contributed by atoms with Crippen molar-refractivity contribution in [3.8, 4) is 6.07 Å². The number of rotatable bonds is 4. The predicted octanol–water partition coefficient (Wildman–Crippen LogP) is 1.54. The first kappa shape index (κ1) is 17.9. The normalized spacial score (nSPS) is 22.1. The van der Waals surface area contributed by atoms with E-state index in [1.54, 1.807) is 24.3 Å². The Morgan fingerprint density at radius 3 is 2.90 bits per heavy atom. The summed E-state index contributed by atoms with van der Waals surface area (Å²) in [5.41, 5.74) is 1.11. The van der Waals surface area contributed by atoms with Gasteiger partial charge >= 0.3 is 0 Å². The molecule has 0 saturated carbocycles. The van der Waals surface area contributed by atoms with Gasteiger partial charge in [0.2, 0.25) is 10.0 Å². The quantitative estimate of drug-likeness (QED) is 0.878. The third-order valence-electron chi connectivity index (χ3n) is 3.51. The standard InChI is InChI=1S/C14H19N3O2S.ClH/c1-11-14(6-3-7-16-11)17-20(18,19)10-13-5-2-4-12(8-13)9-15;/h2,4-5,8,11,14,16-17H,3,6-7,10H2,1H3;1H. The summed E-state index contributed by atoms with van der Waals surface area (Å²) < 4.78 is 27.1. The molecule has 0 bridgehead atoms. The highest BCUT2D eigenvalue weighted by Crippen LogP contribution is 2.12. The second kappa shape index (κ2) is 7.76. The maximum Gasteiger partial charge on any atom is 0.216 e. The van der Waals surface area contributed by atoms with Crippen LogP contribution in [0.25, 0.3) is 0 Å². The molecule has 1 heterocycles. The van der Waals surface area contributed by atoms with E-state index in [1.165, 1.54) is 0 Å². The summed E-state index contributed by atoms with van der Waals surface area (Å²) in [6.07, 6.45) is 1.83. The summed E-state index contributed by atoms with van der Waals surface area (Å²) in [4.78, 5) is 0. The molecule has 0 aromatic heterocycles. The molecule has 0 spiro atoms. The molecule has 1 fully saturated rings. The summed E-state index contributed by atoms with van der Waals surface area (Å²) in [7, 11) is -3.39. The molecule has 2 atom stereocenters. The average Bonchev–Trinajstić information content (AvgIpc) is 2.41. The van der Waals surface area contributed by atoms with Gasteiger partial charge in [-0.1, -0.05) is 12.1 Å². The van der Waals surface area contributed by atoms with E-state index in [4.69, 9.17) is 5.26 Å². The Balaban J connectivity index is 0.00000220. The minimum absolute atomic E-state index is 0. The Labute approximate surface area is 132 Å². The first-order valence-electron chi connectivity index (χ1n) is 6.72. The molecule has 116 valence electrons. The van der Waals surface area contributed by atoms with Crippen LogP contribution in [0.2, 0.25) is 0 Å². The maximum absolute atomic E-state index is 12.2. The van der Waals surface area contributed by atoms with Crippen molar-refractivity contribution < 1.29 is 8.42 Å². The summed E-state index contributed by atoms with van der Waals surface area (Å²) in [5, 5.41) is 12.1. The van der Waals surface area contributed by atoms with E-state index >= 15 is 0 Å². The van der Waals surface area contributed by atoms with Crippen molar-refractivity contribution in [3.63, 3.8) is 0 Å². The number of nitrogens with one attached hydrogen (secondary N) is 2. The van der Waals surface area contributed by atoms with Crippen molar-refractivity contribution in [2.24, 2.45) is 0 Å². The first-order valence-corrected chi connectivity index (χ1v) is 8.38. The zero-order valence-corrected chi connectivity index (χ0v) is 13.5. The fourth-order valence-corrected chi connectivity index (χ4v) is 3.91. The lowest BCUT2D eigenvalue weighted by Gasteiger charge is -2.30. The number of nitriles is 1. The minimum atomic E-state index is -3.39. The minimum Gasteiger partial charge on any atom is -0.313 e. The number of benzene rings is 1. The van der Waals surface area contributed by atoms with Crippen LogP contribution in [0.5, 0.6) is 0 Å². The van der Waals surface area contributed by atoms with E-state index in [2.05, 4.69) is 10.0 Å². The molecule has 21 heavy (non-hydrogen) atoms. The van der Waals surface area contributed by atoms with Crippen LogP contribution in [0.4, 0.5) is 0 Å². The number of nitrogens with zero attached hydrogens (tertiary/aromatic N) is 1. The lowest BCUT2D eigenvalue weighted by Crippen LogP contribution is -2.52. The first-order chi connectivity index (χ1) is 9.50. The molecule has 7 heteroatoms. The van der Waals surface area contributed by atoms with Crippen LogP contribution >= 0.6 is 12.4 Å². The van der Waals surface area contributed by atoms with E-state index in [-0.39, 0.29) is 30.2 Å². The molecule has 0 aliphatic carbocycles. The fourth-order valence-electron chi connectivity index (χ4n) is 2.43. The van der Waals surface area contributed by atoms with Crippen LogP contribution in [0.15, 0.2) is 24.3 Å². The highest BCUT2D eigenvalue weighted by atomic mass is 35.5. The monoisotopic (exact) mass is 329 g/mol. The van der Waals surface area contributed by atoms with Crippen LogP contribution in [0.1, 0.15) is 30.9 Å². The van der Waals surface area contributed by atoms with E-state index in [1.807, 2.05) is 13.0 Å². The number of sulfonamides is 1. The third kappa shape index (κ3) is 5.29. The van der Waals surface area contributed by atoms with Crippen LogP contribution < -0.4 is 10.0 Å². The van der Waals surface area contributed by atoms with E-state index in [9.17, 15) is 8.42 Å². The summed E-state index contributed by atoms with van der Waals surface area (Å²) in [6, 6.07) is 8.80. The van der Waals surface area contributed by atoms with Gasteiger partial charge in [-0.2, -0.15) is 5.26 Å². The van der Waals surface area contributed by atoms with Gasteiger partial charge in [0.25, 0.3) is 0 Å². The van der Waals surface area contributed by atoms with Gasteiger partial charge in [0, 0.05) is 12.1 Å². The van der Waals surface area contributed by atoms with Crippen molar-refractivity contribution in [2.45, 2.75) is 37.6 Å². The van der Waals surface area contributed by atoms with Gasteiger partial charge in [-0.15, -0.1) is 12.4 Å². The molecule has 1 aromatic carbocycles. The van der Waals surface area contributed by atoms with Gasteiger partial charge in [-0.25, -0.2) is 13.1 Å². The Bertz CT molecular complexity index is 613. The van der Waals surface area contributed by atoms with Crippen molar-refractivity contribution in [1.29, 1.82) is 5.26 Å². The van der Waals surface area contributed by atoms with Gasteiger partial charge in [0.15, 0.2) is 0 Å². The van der Waals surface area contributed by atoms with Crippen molar-refractivity contribution >= 4 is 22.4 Å². The topological polar surface area (TPSA) is 82.0 Å². The third-order valence-corrected chi connectivity index (χ3v) is 4.88. The number of halogens is 1. The van der Waals surface area contributed by atoms with Crippen LogP contribution in [0, 0.1) is 11.3 Å². The zero-order valence-electron chi connectivity index (χ0n) is 11.9. The van der Waals surface area contributed by atoms with Gasteiger partial charge < -0.3 is 5.32 Å².